The second kappa shape index (κ2) is 4.67. The van der Waals surface area contributed by atoms with Gasteiger partial charge in [0.15, 0.2) is 0 Å². The van der Waals surface area contributed by atoms with E-state index >= 15 is 0 Å². The summed E-state index contributed by atoms with van der Waals surface area (Å²) < 4.78 is 4.39. The lowest BCUT2D eigenvalue weighted by atomic mass is 10.5. The van der Waals surface area contributed by atoms with Crippen molar-refractivity contribution in [2.75, 3.05) is 21.2 Å². The molecule has 0 heterocycles. The molecule has 4 nitrogen and oxygen atoms in total. The topological polar surface area (TPSA) is 50.4 Å². The lowest BCUT2D eigenvalue weighted by molar-refractivity contribution is -0.134. The van der Waals surface area contributed by atoms with Crippen LogP contribution in [-0.4, -0.2) is 27.2 Å². The first-order valence-corrected chi connectivity index (χ1v) is 2.89. The van der Waals surface area contributed by atoms with E-state index in [-0.39, 0.29) is 5.97 Å². The highest BCUT2D eigenvalue weighted by Gasteiger charge is 1.95. The molecule has 58 valence electrons. The van der Waals surface area contributed by atoms with Gasteiger partial charge in [0, 0.05) is 14.1 Å². The lowest BCUT2D eigenvalue weighted by Gasteiger charge is -2.03. The van der Waals surface area contributed by atoms with Crippen LogP contribution in [0.1, 0.15) is 0 Å². The Balaban J connectivity index is 3.96. The average molecular weight is 144 g/mol. The molecular formula is C6H12N2O2. The maximum Gasteiger partial charge on any atom is 0.334 e. The minimum absolute atomic E-state index is 0.376. The van der Waals surface area contributed by atoms with Gasteiger partial charge in [0.05, 0.1) is 13.2 Å². The van der Waals surface area contributed by atoms with Gasteiger partial charge in [0.25, 0.3) is 0 Å². The summed E-state index contributed by atoms with van der Waals surface area (Å²) in [5, 5.41) is 5.53. The van der Waals surface area contributed by atoms with Crippen LogP contribution in [0.5, 0.6) is 0 Å². The Morgan fingerprint density at radius 3 is 2.20 bits per heavy atom. The Morgan fingerprint density at radius 2 is 1.90 bits per heavy atom. The summed E-state index contributed by atoms with van der Waals surface area (Å²) in [5.74, 6) is 0.255. The fourth-order valence-electron chi connectivity index (χ4n) is 0.446. The zero-order valence-electron chi connectivity index (χ0n) is 6.39. The number of carbonyl (C=O) groups excluding carboxylic acids is 1. The van der Waals surface area contributed by atoms with E-state index in [9.17, 15) is 4.79 Å². The van der Waals surface area contributed by atoms with Crippen molar-refractivity contribution in [1.82, 2.24) is 10.6 Å². The Labute approximate surface area is 60.2 Å². The van der Waals surface area contributed by atoms with Gasteiger partial charge in [0.2, 0.25) is 0 Å². The molecule has 2 N–H and O–H groups in total. The second-order valence-electron chi connectivity index (χ2n) is 1.58. The SMILES string of the molecule is CNC(=CC(=O)OC)NC. The van der Waals surface area contributed by atoms with Crippen LogP contribution < -0.4 is 10.6 Å². The molecule has 4 heteroatoms. The van der Waals surface area contributed by atoms with E-state index < -0.39 is 0 Å². The number of esters is 1. The first kappa shape index (κ1) is 8.81. The molecule has 0 aliphatic heterocycles. The minimum atomic E-state index is -0.376. The summed E-state index contributed by atoms with van der Waals surface area (Å²) in [6.45, 7) is 0. The standard InChI is InChI=1S/C6H12N2O2/c1-7-5(8-2)4-6(9)10-3/h4,7-8H,1-3H3. The van der Waals surface area contributed by atoms with Gasteiger partial charge in [-0.1, -0.05) is 0 Å². The number of carbonyl (C=O) groups is 1. The van der Waals surface area contributed by atoms with E-state index in [4.69, 9.17) is 0 Å². The summed E-state index contributed by atoms with van der Waals surface area (Å²) in [7, 11) is 4.76. The molecule has 0 aromatic heterocycles. The van der Waals surface area contributed by atoms with Gasteiger partial charge >= 0.3 is 5.97 Å². The zero-order chi connectivity index (χ0) is 7.98. The quantitative estimate of drug-likeness (QED) is 0.412. The zero-order valence-corrected chi connectivity index (χ0v) is 6.39. The van der Waals surface area contributed by atoms with E-state index in [2.05, 4.69) is 15.4 Å². The van der Waals surface area contributed by atoms with Crippen LogP contribution in [0, 0.1) is 0 Å². The van der Waals surface area contributed by atoms with Crippen LogP contribution in [-0.2, 0) is 9.53 Å². The summed E-state index contributed by atoms with van der Waals surface area (Å²) in [4.78, 5) is 10.6. The van der Waals surface area contributed by atoms with Crippen molar-refractivity contribution in [2.24, 2.45) is 0 Å². The smallest absolute Gasteiger partial charge is 0.334 e. The molecule has 0 unspecified atom stereocenters. The van der Waals surface area contributed by atoms with E-state index in [1.165, 1.54) is 13.2 Å². The molecule has 0 radical (unpaired) electrons. The van der Waals surface area contributed by atoms with Crippen LogP contribution >= 0.6 is 0 Å². The highest BCUT2D eigenvalue weighted by molar-refractivity contribution is 5.82. The molecule has 10 heavy (non-hydrogen) atoms. The molecule has 0 aliphatic carbocycles. The fourth-order valence-corrected chi connectivity index (χ4v) is 0.446. The van der Waals surface area contributed by atoms with Crippen molar-refractivity contribution in [3.63, 3.8) is 0 Å². The third-order valence-corrected chi connectivity index (χ3v) is 1.00. The molecule has 0 rings (SSSR count). The summed E-state index contributed by atoms with van der Waals surface area (Å²) >= 11 is 0. The second-order valence-corrected chi connectivity index (χ2v) is 1.58. The van der Waals surface area contributed by atoms with Crippen molar-refractivity contribution in [2.45, 2.75) is 0 Å². The van der Waals surface area contributed by atoms with Crippen molar-refractivity contribution in [3.8, 4) is 0 Å². The molecule has 0 atom stereocenters. The largest absolute Gasteiger partial charge is 0.466 e. The Hall–Kier alpha value is -1.19. The molecule has 0 aromatic rings. The number of rotatable bonds is 3. The molecule has 0 aliphatic rings. The maximum atomic E-state index is 10.6. The van der Waals surface area contributed by atoms with E-state index in [0.717, 1.165) is 0 Å². The fraction of sp³-hybridized carbons (Fsp3) is 0.500. The van der Waals surface area contributed by atoms with Gasteiger partial charge in [-0.15, -0.1) is 0 Å². The number of nitrogens with one attached hydrogen (secondary N) is 2. The van der Waals surface area contributed by atoms with E-state index in [0.29, 0.717) is 5.82 Å². The molecule has 0 spiro atoms. The molecule has 0 amide bonds. The van der Waals surface area contributed by atoms with Crippen molar-refractivity contribution >= 4 is 5.97 Å². The predicted molar refractivity (Wildman–Crippen MR) is 38.2 cm³/mol. The molecule has 0 bridgehead atoms. The van der Waals surface area contributed by atoms with Crippen LogP contribution in [0.15, 0.2) is 11.9 Å². The molecule has 0 aromatic carbocycles. The van der Waals surface area contributed by atoms with Crippen LogP contribution in [0.3, 0.4) is 0 Å². The first-order chi connectivity index (χ1) is 4.74. The van der Waals surface area contributed by atoms with Crippen LogP contribution in [0.2, 0.25) is 0 Å². The maximum absolute atomic E-state index is 10.6. The average Bonchev–Trinajstić information content (AvgIpc) is 1.99. The third-order valence-electron chi connectivity index (χ3n) is 1.00. The van der Waals surface area contributed by atoms with Gasteiger partial charge < -0.3 is 15.4 Å². The predicted octanol–water partition coefficient (Wildman–Crippen LogP) is -0.560. The van der Waals surface area contributed by atoms with E-state index in [1.807, 2.05) is 0 Å². The van der Waals surface area contributed by atoms with Crippen LogP contribution in [0.25, 0.3) is 0 Å². The summed E-state index contributed by atoms with van der Waals surface area (Å²) in [6, 6.07) is 0. The Kier molecular flexibility index (Phi) is 4.11. The van der Waals surface area contributed by atoms with Crippen molar-refractivity contribution < 1.29 is 9.53 Å². The number of ether oxygens (including phenoxy) is 1. The van der Waals surface area contributed by atoms with E-state index in [1.54, 1.807) is 14.1 Å². The first-order valence-electron chi connectivity index (χ1n) is 2.89. The highest BCUT2D eigenvalue weighted by Crippen LogP contribution is 1.81. The molecular weight excluding hydrogens is 132 g/mol. The summed E-state index contributed by atoms with van der Waals surface area (Å²) in [5.41, 5.74) is 0. The third kappa shape index (κ3) is 2.96. The van der Waals surface area contributed by atoms with Gasteiger partial charge in [-0.25, -0.2) is 4.79 Å². The monoisotopic (exact) mass is 144 g/mol. The minimum Gasteiger partial charge on any atom is -0.466 e. The Morgan fingerprint density at radius 1 is 1.40 bits per heavy atom. The molecule has 0 fully saturated rings. The van der Waals surface area contributed by atoms with Gasteiger partial charge in [-0.2, -0.15) is 0 Å². The number of hydrogen-bond donors (Lipinski definition) is 2. The highest BCUT2D eigenvalue weighted by atomic mass is 16.5. The lowest BCUT2D eigenvalue weighted by Crippen LogP contribution is -2.20. The normalized spacial score (nSPS) is 7.90. The van der Waals surface area contributed by atoms with Crippen molar-refractivity contribution in [3.05, 3.63) is 11.9 Å². The van der Waals surface area contributed by atoms with Crippen molar-refractivity contribution in [1.29, 1.82) is 0 Å². The van der Waals surface area contributed by atoms with Gasteiger partial charge in [-0.3, -0.25) is 0 Å². The van der Waals surface area contributed by atoms with Crippen LogP contribution in [0.4, 0.5) is 0 Å². The Bertz CT molecular complexity index is 137. The number of methoxy groups -OCH3 is 1. The van der Waals surface area contributed by atoms with Gasteiger partial charge in [-0.05, 0) is 0 Å². The summed E-state index contributed by atoms with van der Waals surface area (Å²) in [6.07, 6.45) is 1.33. The molecule has 0 saturated carbocycles. The molecule has 0 saturated heterocycles. The van der Waals surface area contributed by atoms with Gasteiger partial charge in [0.1, 0.15) is 5.82 Å². The number of hydrogen-bond acceptors (Lipinski definition) is 4.